The zero-order chi connectivity index (χ0) is 15.2. The Kier molecular flexibility index (Phi) is 6.07. The first-order valence-corrected chi connectivity index (χ1v) is 8.12. The molecule has 0 saturated carbocycles. The molecule has 2 rings (SSSR count). The zero-order valence-corrected chi connectivity index (χ0v) is 13.8. The van der Waals surface area contributed by atoms with E-state index in [1.54, 1.807) is 7.11 Å². The van der Waals surface area contributed by atoms with Crippen LogP contribution in [0.2, 0.25) is 0 Å². The Morgan fingerprint density at radius 1 is 1.43 bits per heavy atom. The predicted octanol–water partition coefficient (Wildman–Crippen LogP) is 3.34. The third-order valence-corrected chi connectivity index (χ3v) is 4.33. The van der Waals surface area contributed by atoms with Crippen molar-refractivity contribution in [2.75, 3.05) is 20.3 Å². The van der Waals surface area contributed by atoms with Crippen molar-refractivity contribution in [3.8, 4) is 5.75 Å². The van der Waals surface area contributed by atoms with Crippen molar-refractivity contribution in [3.63, 3.8) is 0 Å². The summed E-state index contributed by atoms with van der Waals surface area (Å²) in [5.41, 5.74) is 2.58. The quantitative estimate of drug-likeness (QED) is 0.836. The summed E-state index contributed by atoms with van der Waals surface area (Å²) in [7, 11) is 1.75. The van der Waals surface area contributed by atoms with Crippen molar-refractivity contribution in [2.45, 2.75) is 52.2 Å². The summed E-state index contributed by atoms with van der Waals surface area (Å²) in [4.78, 5) is 0. The second-order valence-corrected chi connectivity index (χ2v) is 6.22. The molecule has 118 valence electrons. The van der Waals surface area contributed by atoms with E-state index in [9.17, 15) is 0 Å². The molecule has 1 N–H and O–H groups in total. The van der Waals surface area contributed by atoms with Crippen LogP contribution in [-0.2, 0) is 11.2 Å². The minimum atomic E-state index is 0.389. The first-order chi connectivity index (χ1) is 10.1. The molecule has 3 heteroatoms. The molecule has 1 aromatic carbocycles. The van der Waals surface area contributed by atoms with Gasteiger partial charge in [0, 0.05) is 12.0 Å². The van der Waals surface area contributed by atoms with Crippen molar-refractivity contribution >= 4 is 0 Å². The average Bonchev–Trinajstić information content (AvgIpc) is 2.90. The van der Waals surface area contributed by atoms with Crippen LogP contribution in [0.25, 0.3) is 0 Å². The molecular formula is C18H29NO2. The van der Waals surface area contributed by atoms with Gasteiger partial charge in [0.1, 0.15) is 5.75 Å². The summed E-state index contributed by atoms with van der Waals surface area (Å²) in [6, 6.07) is 6.90. The Labute approximate surface area is 129 Å². The van der Waals surface area contributed by atoms with Crippen molar-refractivity contribution in [1.29, 1.82) is 0 Å². The van der Waals surface area contributed by atoms with Crippen LogP contribution in [0, 0.1) is 12.8 Å². The topological polar surface area (TPSA) is 30.5 Å². The molecule has 1 aliphatic rings. The highest BCUT2D eigenvalue weighted by molar-refractivity contribution is 5.37. The van der Waals surface area contributed by atoms with E-state index in [2.05, 4.69) is 44.3 Å². The van der Waals surface area contributed by atoms with Crippen LogP contribution in [0.3, 0.4) is 0 Å². The fourth-order valence-electron chi connectivity index (χ4n) is 3.17. The molecule has 0 aliphatic carbocycles. The number of nitrogens with one attached hydrogen (secondary N) is 1. The maximum atomic E-state index is 5.77. The van der Waals surface area contributed by atoms with E-state index < -0.39 is 0 Å². The van der Waals surface area contributed by atoms with Gasteiger partial charge in [-0.25, -0.2) is 0 Å². The SMILES string of the molecule is CCCNC(Cc1cc(C)ccc1OC)C1COC(C)C1. The molecule has 3 atom stereocenters. The number of rotatable bonds is 7. The summed E-state index contributed by atoms with van der Waals surface area (Å²) in [6.45, 7) is 8.45. The van der Waals surface area contributed by atoms with Gasteiger partial charge in [-0.2, -0.15) is 0 Å². The van der Waals surface area contributed by atoms with Gasteiger partial charge in [0.2, 0.25) is 0 Å². The van der Waals surface area contributed by atoms with E-state index in [1.165, 1.54) is 11.1 Å². The second-order valence-electron chi connectivity index (χ2n) is 6.22. The fourth-order valence-corrected chi connectivity index (χ4v) is 3.17. The van der Waals surface area contributed by atoms with Crippen molar-refractivity contribution in [2.24, 2.45) is 5.92 Å². The maximum absolute atomic E-state index is 5.77. The van der Waals surface area contributed by atoms with Crippen molar-refractivity contribution < 1.29 is 9.47 Å². The summed E-state index contributed by atoms with van der Waals surface area (Å²) in [5.74, 6) is 1.59. The largest absolute Gasteiger partial charge is 0.496 e. The molecule has 0 aromatic heterocycles. The molecule has 1 aliphatic heterocycles. The van der Waals surface area contributed by atoms with Crippen LogP contribution < -0.4 is 10.1 Å². The van der Waals surface area contributed by atoms with Gasteiger partial charge in [0.25, 0.3) is 0 Å². The molecule has 0 spiro atoms. The molecule has 0 amide bonds. The number of methoxy groups -OCH3 is 1. The fraction of sp³-hybridized carbons (Fsp3) is 0.667. The second kappa shape index (κ2) is 7.81. The van der Waals surface area contributed by atoms with Gasteiger partial charge in [-0.15, -0.1) is 0 Å². The van der Waals surface area contributed by atoms with E-state index >= 15 is 0 Å². The van der Waals surface area contributed by atoms with E-state index in [0.717, 1.165) is 38.2 Å². The normalized spacial score (nSPS) is 23.2. The van der Waals surface area contributed by atoms with Gasteiger partial charge >= 0.3 is 0 Å². The average molecular weight is 291 g/mol. The highest BCUT2D eigenvalue weighted by Crippen LogP contribution is 2.28. The lowest BCUT2D eigenvalue weighted by Crippen LogP contribution is -2.39. The Morgan fingerprint density at radius 2 is 2.24 bits per heavy atom. The highest BCUT2D eigenvalue weighted by Gasteiger charge is 2.29. The molecule has 1 fully saturated rings. The van der Waals surface area contributed by atoms with E-state index in [1.807, 2.05) is 0 Å². The van der Waals surface area contributed by atoms with Crippen molar-refractivity contribution in [1.82, 2.24) is 5.32 Å². The standard InChI is InChI=1S/C18H29NO2/c1-5-8-19-17(16-10-14(3)21-12-16)11-15-9-13(2)6-7-18(15)20-4/h6-7,9,14,16-17,19H,5,8,10-12H2,1-4H3. The monoisotopic (exact) mass is 291 g/mol. The van der Waals surface area contributed by atoms with Gasteiger partial charge in [-0.05, 0) is 51.3 Å². The number of benzene rings is 1. The first-order valence-electron chi connectivity index (χ1n) is 8.12. The summed E-state index contributed by atoms with van der Waals surface area (Å²) < 4.78 is 11.3. The Hall–Kier alpha value is -1.06. The smallest absolute Gasteiger partial charge is 0.122 e. The molecule has 21 heavy (non-hydrogen) atoms. The van der Waals surface area contributed by atoms with Crippen LogP contribution >= 0.6 is 0 Å². The Balaban J connectivity index is 2.12. The van der Waals surface area contributed by atoms with Crippen LogP contribution in [0.5, 0.6) is 5.75 Å². The van der Waals surface area contributed by atoms with Crippen LogP contribution in [0.1, 0.15) is 37.8 Å². The van der Waals surface area contributed by atoms with Gasteiger partial charge in [0.15, 0.2) is 0 Å². The minimum absolute atomic E-state index is 0.389. The van der Waals surface area contributed by atoms with Crippen LogP contribution in [0.15, 0.2) is 18.2 Å². The van der Waals surface area contributed by atoms with Gasteiger partial charge in [0.05, 0.1) is 19.8 Å². The zero-order valence-electron chi connectivity index (χ0n) is 13.8. The number of aryl methyl sites for hydroxylation is 1. The third kappa shape index (κ3) is 4.45. The summed E-state index contributed by atoms with van der Waals surface area (Å²) in [6.07, 6.45) is 3.70. The minimum Gasteiger partial charge on any atom is -0.496 e. The Bertz CT molecular complexity index is 447. The van der Waals surface area contributed by atoms with Crippen LogP contribution in [-0.4, -0.2) is 32.4 Å². The molecule has 0 bridgehead atoms. The molecule has 1 saturated heterocycles. The first kappa shape index (κ1) is 16.3. The van der Waals surface area contributed by atoms with Gasteiger partial charge < -0.3 is 14.8 Å². The van der Waals surface area contributed by atoms with E-state index in [-0.39, 0.29) is 0 Å². The molecular weight excluding hydrogens is 262 g/mol. The third-order valence-electron chi connectivity index (χ3n) is 4.33. The molecule has 3 unspecified atom stereocenters. The summed E-state index contributed by atoms with van der Waals surface area (Å²) in [5, 5.41) is 3.72. The molecule has 1 heterocycles. The maximum Gasteiger partial charge on any atom is 0.122 e. The lowest BCUT2D eigenvalue weighted by molar-refractivity contribution is 0.117. The predicted molar refractivity (Wildman–Crippen MR) is 87.0 cm³/mol. The number of hydrogen-bond donors (Lipinski definition) is 1. The number of ether oxygens (including phenoxy) is 2. The lowest BCUT2D eigenvalue weighted by Gasteiger charge is -2.25. The molecule has 1 aromatic rings. The number of hydrogen-bond acceptors (Lipinski definition) is 3. The van der Waals surface area contributed by atoms with Crippen LogP contribution in [0.4, 0.5) is 0 Å². The van der Waals surface area contributed by atoms with Crippen molar-refractivity contribution in [3.05, 3.63) is 29.3 Å². The summed E-state index contributed by atoms with van der Waals surface area (Å²) >= 11 is 0. The molecule has 0 radical (unpaired) electrons. The van der Waals surface area contributed by atoms with E-state index in [4.69, 9.17) is 9.47 Å². The highest BCUT2D eigenvalue weighted by atomic mass is 16.5. The van der Waals surface area contributed by atoms with Gasteiger partial charge in [-0.1, -0.05) is 24.6 Å². The molecule has 3 nitrogen and oxygen atoms in total. The Morgan fingerprint density at radius 3 is 2.86 bits per heavy atom. The van der Waals surface area contributed by atoms with Gasteiger partial charge in [-0.3, -0.25) is 0 Å². The lowest BCUT2D eigenvalue weighted by atomic mass is 9.90. The van der Waals surface area contributed by atoms with E-state index in [0.29, 0.717) is 18.1 Å².